The van der Waals surface area contributed by atoms with Crippen molar-refractivity contribution in [2.45, 2.75) is 46.3 Å². The SMILES string of the molecule is COc1ccnc(C(=S)C[C@@H](C)C(=O)O[C@H](C(C)C)[C@H](C)Oc2ccccc2)c1O. The van der Waals surface area contributed by atoms with E-state index in [0.717, 1.165) is 5.75 Å². The van der Waals surface area contributed by atoms with Crippen molar-refractivity contribution in [2.24, 2.45) is 11.8 Å². The molecule has 0 unspecified atom stereocenters. The Kier molecular flexibility index (Phi) is 8.59. The lowest BCUT2D eigenvalue weighted by atomic mass is 10.0. The van der Waals surface area contributed by atoms with Gasteiger partial charge < -0.3 is 19.3 Å². The van der Waals surface area contributed by atoms with Crippen LogP contribution >= 0.6 is 12.2 Å². The maximum absolute atomic E-state index is 12.7. The molecular formula is C23H29NO5S. The number of carbonyl (C=O) groups excluding carboxylic acids is 1. The summed E-state index contributed by atoms with van der Waals surface area (Å²) in [5.74, 6) is 0.0632. The largest absolute Gasteiger partial charge is 0.503 e. The number of thiocarbonyl (C=S) groups is 1. The summed E-state index contributed by atoms with van der Waals surface area (Å²) in [6.45, 7) is 7.59. The molecule has 3 atom stereocenters. The van der Waals surface area contributed by atoms with Gasteiger partial charge in [0.1, 0.15) is 23.7 Å². The minimum Gasteiger partial charge on any atom is -0.503 e. The minimum atomic E-state index is -0.505. The summed E-state index contributed by atoms with van der Waals surface area (Å²) in [5.41, 5.74) is 0.241. The van der Waals surface area contributed by atoms with Gasteiger partial charge >= 0.3 is 5.97 Å². The summed E-state index contributed by atoms with van der Waals surface area (Å²) in [6.07, 6.45) is 0.984. The monoisotopic (exact) mass is 431 g/mol. The number of pyridine rings is 1. The molecule has 0 amide bonds. The van der Waals surface area contributed by atoms with Crippen molar-refractivity contribution in [2.75, 3.05) is 7.11 Å². The van der Waals surface area contributed by atoms with Gasteiger partial charge in [-0.3, -0.25) is 9.78 Å². The molecule has 0 spiro atoms. The van der Waals surface area contributed by atoms with Crippen LogP contribution in [0.15, 0.2) is 42.6 Å². The zero-order valence-corrected chi connectivity index (χ0v) is 18.8. The second-order valence-electron chi connectivity index (χ2n) is 7.52. The van der Waals surface area contributed by atoms with Crippen molar-refractivity contribution < 1.29 is 24.1 Å². The number of methoxy groups -OCH3 is 1. The van der Waals surface area contributed by atoms with E-state index in [1.807, 2.05) is 51.1 Å². The summed E-state index contributed by atoms with van der Waals surface area (Å²) in [4.78, 5) is 17.2. The highest BCUT2D eigenvalue weighted by molar-refractivity contribution is 7.80. The van der Waals surface area contributed by atoms with E-state index in [0.29, 0.717) is 4.86 Å². The molecule has 1 N–H and O–H groups in total. The molecule has 162 valence electrons. The van der Waals surface area contributed by atoms with E-state index >= 15 is 0 Å². The molecule has 6 nitrogen and oxygen atoms in total. The normalized spacial score (nSPS) is 13.9. The van der Waals surface area contributed by atoms with Gasteiger partial charge in [0.05, 0.1) is 13.0 Å². The number of hydrogen-bond acceptors (Lipinski definition) is 7. The summed E-state index contributed by atoms with van der Waals surface area (Å²) in [5, 5.41) is 10.2. The first-order valence-electron chi connectivity index (χ1n) is 9.91. The molecule has 2 aromatic rings. The third kappa shape index (κ3) is 6.16. The molecule has 1 aromatic heterocycles. The van der Waals surface area contributed by atoms with Crippen LogP contribution in [0.2, 0.25) is 0 Å². The first kappa shape index (κ1) is 23.6. The Morgan fingerprint density at radius 2 is 1.80 bits per heavy atom. The van der Waals surface area contributed by atoms with Crippen molar-refractivity contribution in [1.82, 2.24) is 4.98 Å². The van der Waals surface area contributed by atoms with Crippen molar-refractivity contribution in [3.8, 4) is 17.2 Å². The molecule has 0 aliphatic heterocycles. The molecule has 1 aromatic carbocycles. The van der Waals surface area contributed by atoms with Gasteiger partial charge in [0, 0.05) is 17.1 Å². The van der Waals surface area contributed by atoms with Crippen LogP contribution in [0.4, 0.5) is 0 Å². The molecule has 2 rings (SSSR count). The van der Waals surface area contributed by atoms with E-state index < -0.39 is 12.0 Å². The third-order valence-corrected chi connectivity index (χ3v) is 5.06. The van der Waals surface area contributed by atoms with Crippen LogP contribution in [0.1, 0.15) is 39.8 Å². The highest BCUT2D eigenvalue weighted by atomic mass is 32.1. The number of esters is 1. The van der Waals surface area contributed by atoms with Crippen molar-refractivity contribution in [1.29, 1.82) is 0 Å². The smallest absolute Gasteiger partial charge is 0.309 e. The lowest BCUT2D eigenvalue weighted by Crippen LogP contribution is -2.39. The number of rotatable bonds is 10. The van der Waals surface area contributed by atoms with Crippen LogP contribution in [0.3, 0.4) is 0 Å². The Morgan fingerprint density at radius 1 is 1.13 bits per heavy atom. The second-order valence-corrected chi connectivity index (χ2v) is 8.01. The van der Waals surface area contributed by atoms with Crippen molar-refractivity contribution in [3.05, 3.63) is 48.3 Å². The zero-order chi connectivity index (χ0) is 22.3. The molecule has 0 saturated carbocycles. The number of aromatic hydroxyl groups is 1. The van der Waals surface area contributed by atoms with Gasteiger partial charge in [-0.05, 0) is 31.4 Å². The van der Waals surface area contributed by atoms with E-state index in [-0.39, 0.29) is 41.6 Å². The summed E-state index contributed by atoms with van der Waals surface area (Å²) in [6, 6.07) is 11.0. The number of benzene rings is 1. The van der Waals surface area contributed by atoms with Crippen LogP contribution in [-0.4, -0.2) is 40.2 Å². The number of hydrogen-bond donors (Lipinski definition) is 1. The number of carbonyl (C=O) groups is 1. The molecule has 0 bridgehead atoms. The van der Waals surface area contributed by atoms with Crippen molar-refractivity contribution >= 4 is 23.1 Å². The van der Waals surface area contributed by atoms with Crippen LogP contribution in [0.25, 0.3) is 0 Å². The molecular weight excluding hydrogens is 402 g/mol. The van der Waals surface area contributed by atoms with Gasteiger partial charge in [-0.15, -0.1) is 0 Å². The number of aromatic nitrogens is 1. The van der Waals surface area contributed by atoms with E-state index in [9.17, 15) is 9.90 Å². The van der Waals surface area contributed by atoms with Gasteiger partial charge in [-0.2, -0.15) is 0 Å². The first-order chi connectivity index (χ1) is 14.2. The van der Waals surface area contributed by atoms with Gasteiger partial charge in [0.2, 0.25) is 0 Å². The minimum absolute atomic E-state index is 0.0657. The second kappa shape index (κ2) is 10.9. The highest BCUT2D eigenvalue weighted by Gasteiger charge is 2.29. The fourth-order valence-electron chi connectivity index (χ4n) is 3.07. The van der Waals surface area contributed by atoms with E-state index in [1.165, 1.54) is 13.3 Å². The highest BCUT2D eigenvalue weighted by Crippen LogP contribution is 2.30. The Labute approximate surface area is 183 Å². The molecule has 0 saturated heterocycles. The van der Waals surface area contributed by atoms with E-state index in [4.69, 9.17) is 26.4 Å². The van der Waals surface area contributed by atoms with E-state index in [2.05, 4.69) is 4.98 Å². The van der Waals surface area contributed by atoms with Crippen LogP contribution in [0, 0.1) is 11.8 Å². The van der Waals surface area contributed by atoms with Gasteiger partial charge in [0.25, 0.3) is 0 Å². The molecule has 0 aliphatic rings. The zero-order valence-electron chi connectivity index (χ0n) is 18.0. The topological polar surface area (TPSA) is 77.9 Å². The molecule has 0 radical (unpaired) electrons. The van der Waals surface area contributed by atoms with Gasteiger partial charge in [-0.25, -0.2) is 0 Å². The Morgan fingerprint density at radius 3 is 2.40 bits per heavy atom. The fraction of sp³-hybridized carbons (Fsp3) is 0.435. The number of para-hydroxylation sites is 1. The standard InChI is InChI=1S/C23H29NO5S/c1-14(2)22(16(4)28-17-9-7-6-8-10-17)29-23(26)15(3)13-19(30)20-21(25)18(27-5)11-12-24-20/h6-12,14-16,22,25H,13H2,1-5H3/t15-,16+,22-/m1/s1. The predicted octanol–water partition coefficient (Wildman–Crippen LogP) is 4.58. The van der Waals surface area contributed by atoms with Crippen molar-refractivity contribution in [3.63, 3.8) is 0 Å². The van der Waals surface area contributed by atoms with Gasteiger partial charge in [-0.1, -0.05) is 51.2 Å². The maximum atomic E-state index is 12.7. The lowest BCUT2D eigenvalue weighted by molar-refractivity contribution is -0.160. The third-order valence-electron chi connectivity index (χ3n) is 4.70. The summed E-state index contributed by atoms with van der Waals surface area (Å²) in [7, 11) is 1.45. The average Bonchev–Trinajstić information content (AvgIpc) is 2.72. The molecule has 30 heavy (non-hydrogen) atoms. The lowest BCUT2D eigenvalue weighted by Gasteiger charge is -2.29. The number of nitrogens with zero attached hydrogens (tertiary/aromatic N) is 1. The van der Waals surface area contributed by atoms with Crippen LogP contribution in [0.5, 0.6) is 17.2 Å². The quantitative estimate of drug-likeness (QED) is 0.335. The maximum Gasteiger partial charge on any atom is 0.309 e. The Balaban J connectivity index is 2.02. The Bertz CT molecular complexity index is 856. The Hall–Kier alpha value is -2.67. The average molecular weight is 432 g/mol. The molecule has 0 fully saturated rings. The molecule has 0 aliphatic carbocycles. The van der Waals surface area contributed by atoms with Gasteiger partial charge in [0.15, 0.2) is 11.5 Å². The predicted molar refractivity (Wildman–Crippen MR) is 119 cm³/mol. The van der Waals surface area contributed by atoms with E-state index in [1.54, 1.807) is 13.0 Å². The molecule has 1 heterocycles. The summed E-state index contributed by atoms with van der Waals surface area (Å²) < 4.78 is 16.8. The fourth-order valence-corrected chi connectivity index (χ4v) is 3.47. The molecule has 7 heteroatoms. The van der Waals surface area contributed by atoms with Crippen LogP contribution < -0.4 is 9.47 Å². The van der Waals surface area contributed by atoms with Crippen LogP contribution in [-0.2, 0) is 9.53 Å². The first-order valence-corrected chi connectivity index (χ1v) is 10.3. The summed E-state index contributed by atoms with van der Waals surface area (Å²) >= 11 is 5.40. The number of ether oxygens (including phenoxy) is 3.